The highest BCUT2D eigenvalue weighted by atomic mass is 16.1. The lowest BCUT2D eigenvalue weighted by Crippen LogP contribution is -2.08. The second kappa shape index (κ2) is 6.19. The van der Waals surface area contributed by atoms with Crippen LogP contribution in [0.25, 0.3) is 0 Å². The van der Waals surface area contributed by atoms with Gasteiger partial charge in [0.15, 0.2) is 5.78 Å². The van der Waals surface area contributed by atoms with Crippen LogP contribution < -0.4 is 5.32 Å². The SMILES string of the molecule is CC(C)CNc1ccc(C(=O)c2ccccc2)cc1. The van der Waals surface area contributed by atoms with Gasteiger partial charge in [0.05, 0.1) is 0 Å². The number of nitrogens with one attached hydrogen (secondary N) is 1. The van der Waals surface area contributed by atoms with Crippen LogP contribution in [0.3, 0.4) is 0 Å². The molecule has 0 radical (unpaired) electrons. The van der Waals surface area contributed by atoms with Crippen molar-refractivity contribution < 1.29 is 4.79 Å². The van der Waals surface area contributed by atoms with Crippen molar-refractivity contribution >= 4 is 11.5 Å². The maximum absolute atomic E-state index is 12.2. The maximum Gasteiger partial charge on any atom is 0.193 e. The van der Waals surface area contributed by atoms with Crippen molar-refractivity contribution in [3.05, 3.63) is 65.7 Å². The molecule has 0 aromatic heterocycles. The molecule has 0 saturated carbocycles. The van der Waals surface area contributed by atoms with Gasteiger partial charge >= 0.3 is 0 Å². The van der Waals surface area contributed by atoms with Gasteiger partial charge in [-0.15, -0.1) is 0 Å². The standard InChI is InChI=1S/C17H19NO/c1-13(2)12-18-16-10-8-15(9-11-16)17(19)14-6-4-3-5-7-14/h3-11,13,18H,12H2,1-2H3. The van der Waals surface area contributed by atoms with Gasteiger partial charge in [0.25, 0.3) is 0 Å². The van der Waals surface area contributed by atoms with Gasteiger partial charge in [0.1, 0.15) is 0 Å². The van der Waals surface area contributed by atoms with Crippen LogP contribution in [0.15, 0.2) is 54.6 Å². The topological polar surface area (TPSA) is 29.1 Å². The number of ketones is 1. The summed E-state index contributed by atoms with van der Waals surface area (Å²) in [6, 6.07) is 17.0. The zero-order valence-electron chi connectivity index (χ0n) is 11.4. The van der Waals surface area contributed by atoms with E-state index in [0.717, 1.165) is 23.4 Å². The van der Waals surface area contributed by atoms with E-state index in [-0.39, 0.29) is 5.78 Å². The number of hydrogen-bond acceptors (Lipinski definition) is 2. The van der Waals surface area contributed by atoms with Crippen molar-refractivity contribution in [1.82, 2.24) is 0 Å². The lowest BCUT2D eigenvalue weighted by atomic mass is 10.0. The van der Waals surface area contributed by atoms with Crippen LogP contribution >= 0.6 is 0 Å². The molecule has 2 heteroatoms. The van der Waals surface area contributed by atoms with Crippen molar-refractivity contribution in [2.75, 3.05) is 11.9 Å². The van der Waals surface area contributed by atoms with Crippen molar-refractivity contribution in [3.8, 4) is 0 Å². The van der Waals surface area contributed by atoms with E-state index in [2.05, 4.69) is 19.2 Å². The summed E-state index contributed by atoms with van der Waals surface area (Å²) in [5, 5.41) is 3.34. The van der Waals surface area contributed by atoms with Gasteiger partial charge in [-0.3, -0.25) is 4.79 Å². The van der Waals surface area contributed by atoms with Gasteiger partial charge < -0.3 is 5.32 Å². The van der Waals surface area contributed by atoms with E-state index in [9.17, 15) is 4.79 Å². The molecular formula is C17H19NO. The lowest BCUT2D eigenvalue weighted by molar-refractivity contribution is 0.103. The second-order valence-electron chi connectivity index (χ2n) is 5.05. The molecule has 2 aromatic carbocycles. The Balaban J connectivity index is 2.08. The molecule has 19 heavy (non-hydrogen) atoms. The van der Waals surface area contributed by atoms with E-state index in [1.165, 1.54) is 0 Å². The van der Waals surface area contributed by atoms with E-state index in [0.29, 0.717) is 5.92 Å². The number of carbonyl (C=O) groups excluding carboxylic acids is 1. The van der Waals surface area contributed by atoms with Crippen LogP contribution in [-0.2, 0) is 0 Å². The van der Waals surface area contributed by atoms with Crippen LogP contribution in [0, 0.1) is 5.92 Å². The summed E-state index contributed by atoms with van der Waals surface area (Å²) in [7, 11) is 0. The molecule has 0 bridgehead atoms. The fraction of sp³-hybridized carbons (Fsp3) is 0.235. The minimum Gasteiger partial charge on any atom is -0.385 e. The smallest absolute Gasteiger partial charge is 0.193 e. The van der Waals surface area contributed by atoms with E-state index in [1.807, 2.05) is 54.6 Å². The zero-order valence-corrected chi connectivity index (χ0v) is 11.4. The molecule has 2 aromatic rings. The third-order valence-corrected chi connectivity index (χ3v) is 2.90. The van der Waals surface area contributed by atoms with Crippen molar-refractivity contribution in [1.29, 1.82) is 0 Å². The Kier molecular flexibility index (Phi) is 4.35. The maximum atomic E-state index is 12.2. The van der Waals surface area contributed by atoms with Crippen molar-refractivity contribution in [2.45, 2.75) is 13.8 Å². The van der Waals surface area contributed by atoms with Gasteiger partial charge in [-0.05, 0) is 30.2 Å². The summed E-state index contributed by atoms with van der Waals surface area (Å²) < 4.78 is 0. The summed E-state index contributed by atoms with van der Waals surface area (Å²) in [6.07, 6.45) is 0. The Morgan fingerprint density at radius 3 is 2.11 bits per heavy atom. The number of benzene rings is 2. The fourth-order valence-corrected chi connectivity index (χ4v) is 1.82. The molecular weight excluding hydrogens is 234 g/mol. The molecule has 98 valence electrons. The number of anilines is 1. The van der Waals surface area contributed by atoms with Gasteiger partial charge in [0.2, 0.25) is 0 Å². The molecule has 0 heterocycles. The highest BCUT2D eigenvalue weighted by molar-refractivity contribution is 6.09. The Morgan fingerprint density at radius 2 is 1.53 bits per heavy atom. The summed E-state index contributed by atoms with van der Waals surface area (Å²) >= 11 is 0. The third-order valence-electron chi connectivity index (χ3n) is 2.90. The molecule has 0 aliphatic rings. The first-order chi connectivity index (χ1) is 9.16. The first-order valence-electron chi connectivity index (χ1n) is 6.60. The first-order valence-corrected chi connectivity index (χ1v) is 6.60. The molecule has 0 atom stereocenters. The zero-order chi connectivity index (χ0) is 13.7. The van der Waals surface area contributed by atoms with Crippen LogP contribution in [0.5, 0.6) is 0 Å². The molecule has 0 spiro atoms. The average molecular weight is 253 g/mol. The molecule has 0 aliphatic heterocycles. The van der Waals surface area contributed by atoms with Crippen molar-refractivity contribution in [3.63, 3.8) is 0 Å². The first kappa shape index (κ1) is 13.3. The quantitative estimate of drug-likeness (QED) is 0.816. The fourth-order valence-electron chi connectivity index (χ4n) is 1.82. The van der Waals surface area contributed by atoms with Gasteiger partial charge in [-0.2, -0.15) is 0 Å². The average Bonchev–Trinajstić information content (AvgIpc) is 2.46. The minimum atomic E-state index is 0.0657. The molecule has 0 fully saturated rings. The monoisotopic (exact) mass is 253 g/mol. The Bertz CT molecular complexity index is 529. The molecule has 0 aliphatic carbocycles. The molecule has 2 rings (SSSR count). The summed E-state index contributed by atoms with van der Waals surface area (Å²) in [5.74, 6) is 0.668. The van der Waals surface area contributed by atoms with Crippen LogP contribution in [-0.4, -0.2) is 12.3 Å². The predicted octanol–water partition coefficient (Wildman–Crippen LogP) is 3.99. The summed E-state index contributed by atoms with van der Waals surface area (Å²) in [6.45, 7) is 5.27. The van der Waals surface area contributed by atoms with E-state index in [4.69, 9.17) is 0 Å². The number of carbonyl (C=O) groups is 1. The van der Waals surface area contributed by atoms with Gasteiger partial charge in [-0.1, -0.05) is 44.2 Å². The summed E-state index contributed by atoms with van der Waals surface area (Å²) in [4.78, 5) is 12.2. The second-order valence-corrected chi connectivity index (χ2v) is 5.05. The molecule has 0 unspecified atom stereocenters. The van der Waals surface area contributed by atoms with Crippen LogP contribution in [0.2, 0.25) is 0 Å². The van der Waals surface area contributed by atoms with E-state index >= 15 is 0 Å². The lowest BCUT2D eigenvalue weighted by Gasteiger charge is -2.09. The molecule has 2 nitrogen and oxygen atoms in total. The number of hydrogen-bond donors (Lipinski definition) is 1. The van der Waals surface area contributed by atoms with E-state index < -0.39 is 0 Å². The van der Waals surface area contributed by atoms with Gasteiger partial charge in [0, 0.05) is 23.4 Å². The largest absolute Gasteiger partial charge is 0.385 e. The molecule has 0 saturated heterocycles. The van der Waals surface area contributed by atoms with E-state index in [1.54, 1.807) is 0 Å². The highest BCUT2D eigenvalue weighted by Crippen LogP contribution is 2.14. The summed E-state index contributed by atoms with van der Waals surface area (Å²) in [5.41, 5.74) is 2.50. The molecule has 0 amide bonds. The normalized spacial score (nSPS) is 10.5. The van der Waals surface area contributed by atoms with Gasteiger partial charge in [-0.25, -0.2) is 0 Å². The Labute approximate surface area is 114 Å². The Hall–Kier alpha value is -2.09. The molecule has 1 N–H and O–H groups in total. The van der Waals surface area contributed by atoms with Crippen molar-refractivity contribution in [2.24, 2.45) is 5.92 Å². The number of rotatable bonds is 5. The van der Waals surface area contributed by atoms with Crippen LogP contribution in [0.1, 0.15) is 29.8 Å². The third kappa shape index (κ3) is 3.68. The predicted molar refractivity (Wildman–Crippen MR) is 79.6 cm³/mol. The highest BCUT2D eigenvalue weighted by Gasteiger charge is 2.07. The Morgan fingerprint density at radius 1 is 0.947 bits per heavy atom. The van der Waals surface area contributed by atoms with Crippen LogP contribution in [0.4, 0.5) is 5.69 Å². The minimum absolute atomic E-state index is 0.0657.